The summed E-state index contributed by atoms with van der Waals surface area (Å²) in [4.78, 5) is 7.78. The van der Waals surface area contributed by atoms with Gasteiger partial charge in [-0.15, -0.1) is 11.3 Å². The minimum Gasteiger partial charge on any atom is -0.502 e. The van der Waals surface area contributed by atoms with Crippen LogP contribution in [-0.2, 0) is 0 Å². The van der Waals surface area contributed by atoms with Gasteiger partial charge in [-0.1, -0.05) is 12.8 Å². The second kappa shape index (κ2) is 8.19. The highest BCUT2D eigenvalue weighted by molar-refractivity contribution is 7.18. The maximum absolute atomic E-state index is 13.9. The van der Waals surface area contributed by atoms with Gasteiger partial charge in [-0.3, -0.25) is 0 Å². The molecule has 28 heavy (non-hydrogen) atoms. The molecule has 3 aromatic rings. The van der Waals surface area contributed by atoms with Crippen molar-refractivity contribution in [2.75, 3.05) is 25.1 Å². The normalized spacial score (nSPS) is 14.7. The summed E-state index contributed by atoms with van der Waals surface area (Å²) in [5.74, 6) is -1.06. The molecule has 1 saturated heterocycles. The number of hydrogen-bond acceptors (Lipinski definition) is 5. The molecule has 2 heterocycles. The molecule has 1 aliphatic rings. The number of rotatable bonds is 4. The Morgan fingerprint density at radius 3 is 2.43 bits per heavy atom. The Morgan fingerprint density at radius 1 is 1.04 bits per heavy atom. The van der Waals surface area contributed by atoms with Crippen molar-refractivity contribution in [3.8, 4) is 32.5 Å². The smallest absolute Gasteiger partial charge is 0.194 e. The number of methoxy groups -OCH3 is 1. The zero-order chi connectivity index (χ0) is 19.5. The summed E-state index contributed by atoms with van der Waals surface area (Å²) in [6.45, 7) is 2.24. The molecule has 1 aromatic heterocycles. The van der Waals surface area contributed by atoms with Crippen LogP contribution in [0, 0.1) is 5.82 Å². The molecule has 0 bridgehead atoms. The number of aromatic hydroxyl groups is 1. The van der Waals surface area contributed by atoms with Crippen LogP contribution in [0.25, 0.3) is 21.0 Å². The van der Waals surface area contributed by atoms with Crippen LogP contribution < -0.4 is 9.64 Å². The molecule has 0 aliphatic carbocycles. The van der Waals surface area contributed by atoms with Crippen molar-refractivity contribution in [3.05, 3.63) is 48.4 Å². The number of anilines is 1. The summed E-state index contributed by atoms with van der Waals surface area (Å²) in [5, 5.41) is 10.6. The summed E-state index contributed by atoms with van der Waals surface area (Å²) in [6, 6.07) is 11.4. The third kappa shape index (κ3) is 3.83. The molecule has 0 radical (unpaired) electrons. The van der Waals surface area contributed by atoms with Gasteiger partial charge in [0.15, 0.2) is 17.3 Å². The van der Waals surface area contributed by atoms with E-state index in [0.717, 1.165) is 28.5 Å². The summed E-state index contributed by atoms with van der Waals surface area (Å²) in [5.41, 5.74) is 2.94. The van der Waals surface area contributed by atoms with E-state index in [4.69, 9.17) is 4.74 Å². The molecular weight excluding hydrogens is 375 g/mol. The van der Waals surface area contributed by atoms with E-state index in [9.17, 15) is 9.50 Å². The number of hydrogen-bond donors (Lipinski definition) is 1. The summed E-state index contributed by atoms with van der Waals surface area (Å²) in [6.07, 6.45) is 6.88. The Labute approximate surface area is 168 Å². The number of phenolic OH excluding ortho intramolecular Hbond substituents is 1. The van der Waals surface area contributed by atoms with Crippen LogP contribution in [0.3, 0.4) is 0 Å². The maximum Gasteiger partial charge on any atom is 0.194 e. The number of halogens is 1. The second-order valence-electron chi connectivity index (χ2n) is 6.99. The Bertz CT molecular complexity index is 948. The molecule has 4 nitrogen and oxygen atoms in total. The number of thiazole rings is 1. The second-order valence-corrected chi connectivity index (χ2v) is 8.02. The van der Waals surface area contributed by atoms with Gasteiger partial charge < -0.3 is 14.7 Å². The molecule has 1 aliphatic heterocycles. The van der Waals surface area contributed by atoms with E-state index in [2.05, 4.69) is 34.1 Å². The van der Waals surface area contributed by atoms with E-state index >= 15 is 0 Å². The van der Waals surface area contributed by atoms with Crippen molar-refractivity contribution < 1.29 is 14.2 Å². The van der Waals surface area contributed by atoms with E-state index in [1.165, 1.54) is 55.9 Å². The van der Waals surface area contributed by atoms with E-state index in [1.807, 2.05) is 0 Å². The average molecular weight is 399 g/mol. The SMILES string of the molecule is COc1cc(-c2cnc(-c3ccc(N4CCCCCC4)cc3)s2)cc(F)c1O. The highest BCUT2D eigenvalue weighted by Gasteiger charge is 2.15. The average Bonchev–Trinajstić information content (AvgIpc) is 3.05. The lowest BCUT2D eigenvalue weighted by atomic mass is 10.1. The first-order valence-electron chi connectivity index (χ1n) is 9.54. The topological polar surface area (TPSA) is 45.6 Å². The van der Waals surface area contributed by atoms with Gasteiger partial charge in [-0.25, -0.2) is 9.37 Å². The Morgan fingerprint density at radius 2 is 1.75 bits per heavy atom. The minimum atomic E-state index is -0.703. The highest BCUT2D eigenvalue weighted by atomic mass is 32.1. The lowest BCUT2D eigenvalue weighted by molar-refractivity contribution is 0.357. The molecule has 0 spiro atoms. The van der Waals surface area contributed by atoms with Crippen LogP contribution >= 0.6 is 11.3 Å². The van der Waals surface area contributed by atoms with Crippen LogP contribution in [-0.4, -0.2) is 30.3 Å². The molecule has 1 fully saturated rings. The zero-order valence-corrected chi connectivity index (χ0v) is 16.6. The van der Waals surface area contributed by atoms with Gasteiger partial charge in [-0.05, 0) is 49.2 Å². The molecule has 0 atom stereocenters. The Balaban J connectivity index is 1.57. The molecule has 146 valence electrons. The number of aromatic nitrogens is 1. The molecule has 2 aromatic carbocycles. The third-order valence-corrected chi connectivity index (χ3v) is 6.22. The lowest BCUT2D eigenvalue weighted by Gasteiger charge is -2.22. The largest absolute Gasteiger partial charge is 0.502 e. The quantitative estimate of drug-likeness (QED) is 0.611. The first kappa shape index (κ1) is 18.7. The molecular formula is C22H23FN2O2S. The van der Waals surface area contributed by atoms with Crippen LogP contribution in [0.1, 0.15) is 25.7 Å². The van der Waals surface area contributed by atoms with Crippen molar-refractivity contribution in [1.82, 2.24) is 4.98 Å². The zero-order valence-electron chi connectivity index (χ0n) is 15.8. The van der Waals surface area contributed by atoms with E-state index in [-0.39, 0.29) is 5.75 Å². The number of ether oxygens (including phenoxy) is 1. The molecule has 0 unspecified atom stereocenters. The number of benzene rings is 2. The van der Waals surface area contributed by atoms with Gasteiger partial charge in [-0.2, -0.15) is 0 Å². The van der Waals surface area contributed by atoms with E-state index in [0.29, 0.717) is 5.56 Å². The summed E-state index contributed by atoms with van der Waals surface area (Å²) >= 11 is 1.49. The summed E-state index contributed by atoms with van der Waals surface area (Å²) < 4.78 is 19.0. The first-order chi connectivity index (χ1) is 13.7. The molecule has 0 saturated carbocycles. The Kier molecular flexibility index (Phi) is 5.48. The molecule has 6 heteroatoms. The van der Waals surface area contributed by atoms with Crippen LogP contribution in [0.4, 0.5) is 10.1 Å². The highest BCUT2D eigenvalue weighted by Crippen LogP contribution is 2.38. The minimum absolute atomic E-state index is 0.117. The monoisotopic (exact) mass is 398 g/mol. The lowest BCUT2D eigenvalue weighted by Crippen LogP contribution is -2.23. The van der Waals surface area contributed by atoms with E-state index < -0.39 is 11.6 Å². The van der Waals surface area contributed by atoms with Gasteiger partial charge in [0.25, 0.3) is 0 Å². The molecule has 0 amide bonds. The third-order valence-electron chi connectivity index (χ3n) is 5.12. The van der Waals surface area contributed by atoms with Gasteiger partial charge in [0, 0.05) is 36.1 Å². The fraction of sp³-hybridized carbons (Fsp3) is 0.318. The van der Waals surface area contributed by atoms with Crippen molar-refractivity contribution in [2.45, 2.75) is 25.7 Å². The van der Waals surface area contributed by atoms with Crippen LogP contribution in [0.5, 0.6) is 11.5 Å². The maximum atomic E-state index is 13.9. The number of nitrogens with zero attached hydrogens (tertiary/aromatic N) is 2. The van der Waals surface area contributed by atoms with Gasteiger partial charge >= 0.3 is 0 Å². The van der Waals surface area contributed by atoms with Crippen molar-refractivity contribution >= 4 is 17.0 Å². The van der Waals surface area contributed by atoms with Crippen molar-refractivity contribution in [1.29, 1.82) is 0 Å². The van der Waals surface area contributed by atoms with Gasteiger partial charge in [0.1, 0.15) is 5.01 Å². The first-order valence-corrected chi connectivity index (χ1v) is 10.4. The van der Waals surface area contributed by atoms with E-state index in [1.54, 1.807) is 12.3 Å². The van der Waals surface area contributed by atoms with Crippen LogP contribution in [0.15, 0.2) is 42.6 Å². The van der Waals surface area contributed by atoms with Crippen molar-refractivity contribution in [2.24, 2.45) is 0 Å². The molecule has 1 N–H and O–H groups in total. The summed E-state index contributed by atoms with van der Waals surface area (Å²) in [7, 11) is 1.40. The fourth-order valence-corrected chi connectivity index (χ4v) is 4.47. The number of phenols is 1. The van der Waals surface area contributed by atoms with Crippen LogP contribution in [0.2, 0.25) is 0 Å². The van der Waals surface area contributed by atoms with Crippen molar-refractivity contribution in [3.63, 3.8) is 0 Å². The fourth-order valence-electron chi connectivity index (χ4n) is 3.56. The predicted molar refractivity (Wildman–Crippen MR) is 112 cm³/mol. The predicted octanol–water partition coefficient (Wildman–Crippen LogP) is 5.71. The van der Waals surface area contributed by atoms with Gasteiger partial charge in [0.05, 0.1) is 12.0 Å². The standard InChI is InChI=1S/C22H23FN2O2S/c1-27-19-13-16(12-18(23)21(19)26)20-14-24-22(28-20)15-6-8-17(9-7-15)25-10-4-2-3-5-11-25/h6-9,12-14,26H,2-5,10-11H2,1H3. The van der Waals surface area contributed by atoms with Gasteiger partial charge in [0.2, 0.25) is 0 Å². The Hall–Kier alpha value is -2.60. The molecule has 4 rings (SSSR count).